The molecule has 194 valence electrons. The molecule has 0 saturated heterocycles. The van der Waals surface area contributed by atoms with Gasteiger partial charge in [-0.25, -0.2) is 4.79 Å². The van der Waals surface area contributed by atoms with E-state index in [9.17, 15) is 19.2 Å². The SMILES string of the molecule is COC(=O)CNC(=O)C(c1ccc(C)cc1)N(C(=O)C(CCSC)NC(=O)OC(C)(C)C)C1CC1. The number of aryl methyl sites for hydroxylation is 1. The van der Waals surface area contributed by atoms with Crippen LogP contribution in [0.15, 0.2) is 24.3 Å². The van der Waals surface area contributed by atoms with Gasteiger partial charge >= 0.3 is 12.1 Å². The van der Waals surface area contributed by atoms with Gasteiger partial charge in [-0.15, -0.1) is 0 Å². The maximum absolute atomic E-state index is 13.9. The number of amides is 3. The summed E-state index contributed by atoms with van der Waals surface area (Å²) < 4.78 is 10.0. The molecule has 9 nitrogen and oxygen atoms in total. The summed E-state index contributed by atoms with van der Waals surface area (Å²) >= 11 is 1.56. The number of thioether (sulfide) groups is 1. The second-order valence-electron chi connectivity index (χ2n) is 9.56. The van der Waals surface area contributed by atoms with Crippen LogP contribution in [0.2, 0.25) is 0 Å². The van der Waals surface area contributed by atoms with Crippen LogP contribution in [0, 0.1) is 6.92 Å². The fourth-order valence-electron chi connectivity index (χ4n) is 3.51. The van der Waals surface area contributed by atoms with Crippen molar-refractivity contribution >= 4 is 35.6 Å². The van der Waals surface area contributed by atoms with Gasteiger partial charge in [-0.2, -0.15) is 11.8 Å². The number of nitrogens with zero attached hydrogens (tertiary/aromatic N) is 1. The first-order chi connectivity index (χ1) is 16.5. The predicted octanol–water partition coefficient (Wildman–Crippen LogP) is 2.96. The van der Waals surface area contributed by atoms with E-state index in [0.717, 1.165) is 18.4 Å². The molecule has 2 unspecified atom stereocenters. The van der Waals surface area contributed by atoms with E-state index in [1.807, 2.05) is 25.3 Å². The molecular formula is C25H37N3O6S. The average Bonchev–Trinajstić information content (AvgIpc) is 3.62. The molecule has 3 amide bonds. The van der Waals surface area contributed by atoms with Crippen LogP contribution in [0.1, 0.15) is 57.2 Å². The molecule has 1 aliphatic rings. The number of hydrogen-bond donors (Lipinski definition) is 2. The molecule has 1 aromatic carbocycles. The van der Waals surface area contributed by atoms with Crippen molar-refractivity contribution in [3.63, 3.8) is 0 Å². The molecule has 2 N–H and O–H groups in total. The number of rotatable bonds is 11. The van der Waals surface area contributed by atoms with Gasteiger partial charge in [-0.1, -0.05) is 29.8 Å². The van der Waals surface area contributed by atoms with Crippen LogP contribution in [0.4, 0.5) is 4.79 Å². The van der Waals surface area contributed by atoms with Gasteiger partial charge in [0, 0.05) is 6.04 Å². The second-order valence-corrected chi connectivity index (χ2v) is 10.5. The minimum Gasteiger partial charge on any atom is -0.468 e. The lowest BCUT2D eigenvalue weighted by molar-refractivity contribution is -0.145. The largest absolute Gasteiger partial charge is 0.468 e. The molecule has 0 spiro atoms. The zero-order chi connectivity index (χ0) is 26.2. The Bertz CT molecular complexity index is 895. The Morgan fingerprint density at radius 3 is 2.29 bits per heavy atom. The van der Waals surface area contributed by atoms with Gasteiger partial charge in [-0.3, -0.25) is 14.4 Å². The van der Waals surface area contributed by atoms with E-state index < -0.39 is 35.7 Å². The first-order valence-electron chi connectivity index (χ1n) is 11.7. The highest BCUT2D eigenvalue weighted by Crippen LogP contribution is 2.36. The highest BCUT2D eigenvalue weighted by atomic mass is 32.2. The van der Waals surface area contributed by atoms with E-state index in [1.54, 1.807) is 49.6 Å². The number of hydrogen-bond acceptors (Lipinski definition) is 7. The van der Waals surface area contributed by atoms with Gasteiger partial charge < -0.3 is 25.0 Å². The molecule has 0 heterocycles. The highest BCUT2D eigenvalue weighted by molar-refractivity contribution is 7.98. The average molecular weight is 508 g/mol. The van der Waals surface area contributed by atoms with E-state index in [0.29, 0.717) is 17.7 Å². The lowest BCUT2D eigenvalue weighted by Gasteiger charge is -2.34. The van der Waals surface area contributed by atoms with Crippen molar-refractivity contribution < 1.29 is 28.7 Å². The Hall–Kier alpha value is -2.75. The normalized spacial score (nSPS) is 14.9. The molecule has 1 fully saturated rings. The standard InChI is InChI=1S/C25H37N3O6S/c1-16-7-9-17(10-8-16)21(22(30)26-15-20(29)33-5)28(18-11-12-18)23(31)19(13-14-35-6)27-24(32)34-25(2,3)4/h7-10,18-19,21H,11-15H2,1-6H3,(H,26,30)(H,27,32). The minimum absolute atomic E-state index is 0.144. The number of ether oxygens (including phenoxy) is 2. The number of alkyl carbamates (subject to hydrolysis) is 1. The lowest BCUT2D eigenvalue weighted by atomic mass is 10.0. The van der Waals surface area contributed by atoms with Gasteiger partial charge in [0.15, 0.2) is 0 Å². The first-order valence-corrected chi connectivity index (χ1v) is 13.1. The van der Waals surface area contributed by atoms with Crippen molar-refractivity contribution in [1.82, 2.24) is 15.5 Å². The fraction of sp³-hybridized carbons (Fsp3) is 0.600. The number of benzene rings is 1. The Kier molecular flexibility index (Phi) is 10.4. The summed E-state index contributed by atoms with van der Waals surface area (Å²) in [4.78, 5) is 53.0. The zero-order valence-corrected chi connectivity index (χ0v) is 22.2. The Labute approximate surface area is 211 Å². The van der Waals surface area contributed by atoms with Crippen molar-refractivity contribution in [2.24, 2.45) is 0 Å². The minimum atomic E-state index is -0.961. The van der Waals surface area contributed by atoms with E-state index in [2.05, 4.69) is 15.4 Å². The maximum atomic E-state index is 13.9. The number of carbonyl (C=O) groups is 4. The van der Waals surface area contributed by atoms with Crippen LogP contribution in [0.25, 0.3) is 0 Å². The maximum Gasteiger partial charge on any atom is 0.408 e. The Morgan fingerprint density at radius 1 is 1.14 bits per heavy atom. The third-order valence-corrected chi connectivity index (χ3v) is 5.99. The van der Waals surface area contributed by atoms with E-state index in [1.165, 1.54) is 7.11 Å². The summed E-state index contributed by atoms with van der Waals surface area (Å²) in [5.41, 5.74) is 0.918. The molecule has 1 aliphatic carbocycles. The number of carbonyl (C=O) groups excluding carboxylic acids is 4. The Balaban J connectivity index is 2.39. The smallest absolute Gasteiger partial charge is 0.408 e. The molecule has 1 saturated carbocycles. The molecule has 0 bridgehead atoms. The number of methoxy groups -OCH3 is 1. The summed E-state index contributed by atoms with van der Waals surface area (Å²) in [5.74, 6) is -0.796. The van der Waals surface area contributed by atoms with Crippen LogP contribution in [0.5, 0.6) is 0 Å². The quantitative estimate of drug-likeness (QED) is 0.443. The summed E-state index contributed by atoms with van der Waals surface area (Å²) in [5, 5.41) is 5.31. The molecule has 35 heavy (non-hydrogen) atoms. The van der Waals surface area contributed by atoms with Crippen LogP contribution in [0.3, 0.4) is 0 Å². The summed E-state index contributed by atoms with van der Waals surface area (Å²) in [7, 11) is 1.24. The van der Waals surface area contributed by atoms with Crippen molar-refractivity contribution in [2.75, 3.05) is 25.7 Å². The molecule has 0 radical (unpaired) electrons. The van der Waals surface area contributed by atoms with Crippen molar-refractivity contribution in [1.29, 1.82) is 0 Å². The van der Waals surface area contributed by atoms with Crippen molar-refractivity contribution in [3.05, 3.63) is 35.4 Å². The molecule has 0 aromatic heterocycles. The summed E-state index contributed by atoms with van der Waals surface area (Å²) in [6.45, 7) is 6.88. The molecule has 10 heteroatoms. The van der Waals surface area contributed by atoms with E-state index in [-0.39, 0.29) is 18.5 Å². The van der Waals surface area contributed by atoms with Gasteiger partial charge in [-0.05, 0) is 64.5 Å². The first kappa shape index (κ1) is 28.5. The van der Waals surface area contributed by atoms with E-state index in [4.69, 9.17) is 4.74 Å². The van der Waals surface area contributed by atoms with Crippen molar-refractivity contribution in [2.45, 2.75) is 70.7 Å². The van der Waals surface area contributed by atoms with Crippen molar-refractivity contribution in [3.8, 4) is 0 Å². The number of esters is 1. The summed E-state index contributed by atoms with van der Waals surface area (Å²) in [6.07, 6.45) is 3.12. The molecule has 1 aromatic rings. The monoisotopic (exact) mass is 507 g/mol. The van der Waals surface area contributed by atoms with E-state index >= 15 is 0 Å². The molecule has 2 rings (SSSR count). The van der Waals surface area contributed by atoms with Gasteiger partial charge in [0.2, 0.25) is 11.8 Å². The Morgan fingerprint density at radius 2 is 1.77 bits per heavy atom. The molecular weight excluding hydrogens is 470 g/mol. The summed E-state index contributed by atoms with van der Waals surface area (Å²) in [6, 6.07) is 5.38. The van der Waals surface area contributed by atoms with Gasteiger partial charge in [0.1, 0.15) is 24.2 Å². The topological polar surface area (TPSA) is 114 Å². The third kappa shape index (κ3) is 9.08. The number of nitrogens with one attached hydrogen (secondary N) is 2. The molecule has 2 atom stereocenters. The van der Waals surface area contributed by atoms with Crippen LogP contribution in [-0.4, -0.2) is 72.1 Å². The van der Waals surface area contributed by atoms with Gasteiger partial charge in [0.25, 0.3) is 0 Å². The zero-order valence-electron chi connectivity index (χ0n) is 21.4. The molecule has 0 aliphatic heterocycles. The second kappa shape index (κ2) is 12.8. The lowest BCUT2D eigenvalue weighted by Crippen LogP contribution is -2.54. The predicted molar refractivity (Wildman–Crippen MR) is 135 cm³/mol. The highest BCUT2D eigenvalue weighted by Gasteiger charge is 2.44. The van der Waals surface area contributed by atoms with Crippen LogP contribution < -0.4 is 10.6 Å². The fourth-order valence-corrected chi connectivity index (χ4v) is 3.98. The van der Waals surface area contributed by atoms with Gasteiger partial charge in [0.05, 0.1) is 7.11 Å². The third-order valence-electron chi connectivity index (χ3n) is 5.35. The van der Waals surface area contributed by atoms with Crippen LogP contribution in [-0.2, 0) is 23.9 Å². The van der Waals surface area contributed by atoms with Crippen LogP contribution >= 0.6 is 11.8 Å².